The lowest BCUT2D eigenvalue weighted by molar-refractivity contribution is -0.138. The van der Waals surface area contributed by atoms with Crippen molar-refractivity contribution in [1.29, 1.82) is 0 Å². The van der Waals surface area contributed by atoms with E-state index in [-0.39, 0.29) is 12.0 Å². The number of rotatable bonds is 2. The van der Waals surface area contributed by atoms with Crippen molar-refractivity contribution in [2.45, 2.75) is 25.8 Å². The van der Waals surface area contributed by atoms with E-state index in [0.29, 0.717) is 6.42 Å². The van der Waals surface area contributed by atoms with Crippen LogP contribution in [-0.2, 0) is 9.53 Å². The van der Waals surface area contributed by atoms with Crippen molar-refractivity contribution in [2.24, 2.45) is 4.99 Å². The van der Waals surface area contributed by atoms with Crippen LogP contribution in [0.1, 0.15) is 20.3 Å². The number of nitrogens with one attached hydrogen (secondary N) is 1. The molecule has 4 nitrogen and oxygen atoms in total. The molecule has 1 atom stereocenters. The van der Waals surface area contributed by atoms with Crippen molar-refractivity contribution in [2.75, 3.05) is 5.32 Å². The Morgan fingerprint density at radius 2 is 1.95 bits per heavy atom. The van der Waals surface area contributed by atoms with E-state index in [4.69, 9.17) is 4.74 Å². The molecule has 3 rings (SSSR count). The number of esters is 1. The quantitative estimate of drug-likeness (QED) is 0.850. The number of nitrogens with zero attached hydrogens (tertiary/aromatic N) is 1. The van der Waals surface area contributed by atoms with Gasteiger partial charge in [0.25, 0.3) is 6.02 Å². The molecule has 0 saturated heterocycles. The summed E-state index contributed by atoms with van der Waals surface area (Å²) in [5.41, 5.74) is 0.113. The van der Waals surface area contributed by atoms with Crippen LogP contribution in [0.2, 0.25) is 0 Å². The zero-order valence-electron chi connectivity index (χ0n) is 11.5. The first-order valence-corrected chi connectivity index (χ1v) is 6.69. The van der Waals surface area contributed by atoms with Gasteiger partial charge in [0.05, 0.1) is 5.69 Å². The Kier molecular flexibility index (Phi) is 2.93. The molecular formula is C16H16N2O2. The van der Waals surface area contributed by atoms with Gasteiger partial charge in [-0.1, -0.05) is 43.3 Å². The van der Waals surface area contributed by atoms with Crippen molar-refractivity contribution in [3.63, 3.8) is 0 Å². The van der Waals surface area contributed by atoms with E-state index in [1.165, 1.54) is 0 Å². The summed E-state index contributed by atoms with van der Waals surface area (Å²) in [6.07, 6.45) is 0.618. The lowest BCUT2D eigenvalue weighted by atomic mass is 10.0. The van der Waals surface area contributed by atoms with Gasteiger partial charge in [-0.3, -0.25) is 0 Å². The summed E-state index contributed by atoms with van der Waals surface area (Å²) in [5, 5.41) is 5.30. The molecular weight excluding hydrogens is 252 g/mol. The molecule has 1 unspecified atom stereocenters. The number of cyclic esters (lactones) is 1. The Hall–Kier alpha value is -2.36. The fourth-order valence-corrected chi connectivity index (χ4v) is 2.22. The fraction of sp³-hybridized carbons (Fsp3) is 0.250. The third-order valence-electron chi connectivity index (χ3n) is 3.70. The summed E-state index contributed by atoms with van der Waals surface area (Å²) in [5.74, 6) is -0.303. The fourth-order valence-electron chi connectivity index (χ4n) is 2.22. The molecule has 1 heterocycles. The van der Waals surface area contributed by atoms with Crippen LogP contribution < -0.4 is 5.32 Å². The average molecular weight is 268 g/mol. The third-order valence-corrected chi connectivity index (χ3v) is 3.70. The molecule has 0 fully saturated rings. The highest BCUT2D eigenvalue weighted by molar-refractivity contribution is 6.08. The molecule has 2 aromatic rings. The predicted octanol–water partition coefficient (Wildman–Crippen LogP) is 3.33. The number of hydrogen-bond donors (Lipinski definition) is 1. The van der Waals surface area contributed by atoms with Gasteiger partial charge in [-0.05, 0) is 24.8 Å². The van der Waals surface area contributed by atoms with Crippen LogP contribution in [0.3, 0.4) is 0 Å². The second-order valence-electron chi connectivity index (χ2n) is 5.09. The van der Waals surface area contributed by atoms with Crippen LogP contribution in [0.5, 0.6) is 0 Å². The minimum absolute atomic E-state index is 0.274. The Balaban J connectivity index is 1.95. The van der Waals surface area contributed by atoms with Crippen LogP contribution in [-0.4, -0.2) is 17.5 Å². The smallest absolute Gasteiger partial charge is 0.341 e. The standard InChI is InChI=1S/C16H16N2O2/c1-3-16(2)14(19)20-15(18-16)17-13-10-6-8-11-7-4-5-9-12(11)13/h4-10H,3H2,1-2H3,(H,17,18). The molecule has 0 aliphatic carbocycles. The minimum Gasteiger partial charge on any atom is -0.391 e. The van der Waals surface area contributed by atoms with Crippen molar-refractivity contribution >= 4 is 28.5 Å². The van der Waals surface area contributed by atoms with E-state index in [1.807, 2.05) is 49.4 Å². The van der Waals surface area contributed by atoms with E-state index < -0.39 is 5.54 Å². The number of carbonyl (C=O) groups is 1. The zero-order chi connectivity index (χ0) is 14.2. The molecule has 0 amide bonds. The first kappa shape index (κ1) is 12.7. The predicted molar refractivity (Wildman–Crippen MR) is 79.8 cm³/mol. The molecule has 0 saturated carbocycles. The Labute approximate surface area is 117 Å². The van der Waals surface area contributed by atoms with Gasteiger partial charge in [0, 0.05) is 5.39 Å². The molecule has 0 spiro atoms. The summed E-state index contributed by atoms with van der Waals surface area (Å²) >= 11 is 0. The number of amidine groups is 1. The van der Waals surface area contributed by atoms with Crippen LogP contribution in [0.15, 0.2) is 47.5 Å². The van der Waals surface area contributed by atoms with Crippen molar-refractivity contribution in [3.8, 4) is 0 Å². The van der Waals surface area contributed by atoms with E-state index >= 15 is 0 Å². The zero-order valence-corrected chi connectivity index (χ0v) is 11.5. The lowest BCUT2D eigenvalue weighted by Crippen LogP contribution is -2.28. The SMILES string of the molecule is CCC1(C)N=C(Nc2cccc3ccccc23)OC1=O. The first-order valence-electron chi connectivity index (χ1n) is 6.69. The highest BCUT2D eigenvalue weighted by atomic mass is 16.6. The van der Waals surface area contributed by atoms with E-state index in [1.54, 1.807) is 6.92 Å². The van der Waals surface area contributed by atoms with Crippen molar-refractivity contribution < 1.29 is 9.53 Å². The molecule has 4 heteroatoms. The summed E-state index contributed by atoms with van der Waals surface area (Å²) < 4.78 is 5.22. The molecule has 0 radical (unpaired) electrons. The van der Waals surface area contributed by atoms with E-state index in [9.17, 15) is 4.79 Å². The average Bonchev–Trinajstić information content (AvgIpc) is 2.75. The topological polar surface area (TPSA) is 50.7 Å². The highest BCUT2D eigenvalue weighted by Crippen LogP contribution is 2.27. The molecule has 20 heavy (non-hydrogen) atoms. The summed E-state index contributed by atoms with van der Waals surface area (Å²) in [4.78, 5) is 16.2. The molecule has 2 aromatic carbocycles. The van der Waals surface area contributed by atoms with Crippen LogP contribution in [0, 0.1) is 0 Å². The number of aliphatic imine (C=N–C) groups is 1. The van der Waals surface area contributed by atoms with Gasteiger partial charge in [0.1, 0.15) is 0 Å². The summed E-state index contributed by atoms with van der Waals surface area (Å²) in [6, 6.07) is 14.3. The number of anilines is 1. The number of hydrogen-bond acceptors (Lipinski definition) is 4. The Bertz CT molecular complexity index is 703. The van der Waals surface area contributed by atoms with Crippen LogP contribution in [0.25, 0.3) is 10.8 Å². The highest BCUT2D eigenvalue weighted by Gasteiger charge is 2.40. The van der Waals surface area contributed by atoms with Gasteiger partial charge in [-0.25, -0.2) is 9.79 Å². The first-order chi connectivity index (χ1) is 9.62. The number of benzene rings is 2. The van der Waals surface area contributed by atoms with E-state index in [0.717, 1.165) is 16.5 Å². The molecule has 1 aliphatic heterocycles. The number of ether oxygens (including phenoxy) is 1. The molecule has 102 valence electrons. The van der Waals surface area contributed by atoms with Gasteiger partial charge in [0.15, 0.2) is 5.54 Å². The third kappa shape index (κ3) is 2.03. The summed E-state index contributed by atoms with van der Waals surface area (Å²) in [6.45, 7) is 3.71. The normalized spacial score (nSPS) is 21.7. The van der Waals surface area contributed by atoms with Gasteiger partial charge < -0.3 is 10.1 Å². The van der Waals surface area contributed by atoms with E-state index in [2.05, 4.69) is 10.3 Å². The lowest BCUT2D eigenvalue weighted by Gasteiger charge is -2.10. The van der Waals surface area contributed by atoms with Gasteiger partial charge in [-0.15, -0.1) is 0 Å². The van der Waals surface area contributed by atoms with Gasteiger partial charge >= 0.3 is 5.97 Å². The molecule has 0 aromatic heterocycles. The molecule has 1 N–H and O–H groups in total. The van der Waals surface area contributed by atoms with Crippen LogP contribution in [0.4, 0.5) is 5.69 Å². The summed E-state index contributed by atoms with van der Waals surface area (Å²) in [7, 11) is 0. The monoisotopic (exact) mass is 268 g/mol. The van der Waals surface area contributed by atoms with Crippen molar-refractivity contribution in [3.05, 3.63) is 42.5 Å². The number of carbonyl (C=O) groups excluding carboxylic acids is 1. The Morgan fingerprint density at radius 3 is 2.70 bits per heavy atom. The van der Waals surface area contributed by atoms with Crippen molar-refractivity contribution in [1.82, 2.24) is 0 Å². The van der Waals surface area contributed by atoms with Gasteiger partial charge in [0.2, 0.25) is 0 Å². The maximum Gasteiger partial charge on any atom is 0.341 e. The number of fused-ring (bicyclic) bond motifs is 1. The van der Waals surface area contributed by atoms with Crippen LogP contribution >= 0.6 is 0 Å². The molecule has 1 aliphatic rings. The molecule has 0 bridgehead atoms. The minimum atomic E-state index is -0.771. The maximum absolute atomic E-state index is 11.8. The second kappa shape index (κ2) is 4.63. The van der Waals surface area contributed by atoms with Gasteiger partial charge in [-0.2, -0.15) is 0 Å². The largest absolute Gasteiger partial charge is 0.391 e. The maximum atomic E-state index is 11.8. The second-order valence-corrected chi connectivity index (χ2v) is 5.09. The Morgan fingerprint density at radius 1 is 1.20 bits per heavy atom.